The summed E-state index contributed by atoms with van der Waals surface area (Å²) in [5, 5.41) is 1.73. The molecule has 0 saturated heterocycles. The van der Waals surface area contributed by atoms with Crippen LogP contribution < -0.4 is 5.73 Å². The molecule has 0 atom stereocenters. The Bertz CT molecular complexity index is 150. The van der Waals surface area contributed by atoms with Gasteiger partial charge in [-0.2, -0.15) is 12.6 Å². The molecular formula is C10H19NS. The Kier molecular flexibility index (Phi) is 8.73. The summed E-state index contributed by atoms with van der Waals surface area (Å²) in [4.78, 5) is 0. The van der Waals surface area contributed by atoms with Crippen molar-refractivity contribution in [3.8, 4) is 0 Å². The van der Waals surface area contributed by atoms with Gasteiger partial charge < -0.3 is 5.73 Å². The first-order valence-corrected chi connectivity index (χ1v) is 5.06. The number of thiol groups is 1. The van der Waals surface area contributed by atoms with Crippen LogP contribution in [0.3, 0.4) is 0 Å². The minimum absolute atomic E-state index is 0.614. The Morgan fingerprint density at radius 3 is 2.67 bits per heavy atom. The molecule has 70 valence electrons. The van der Waals surface area contributed by atoms with Crippen LogP contribution in [0.1, 0.15) is 32.6 Å². The summed E-state index contributed by atoms with van der Waals surface area (Å²) in [6, 6.07) is 0. The Labute approximate surface area is 81.1 Å². The van der Waals surface area contributed by atoms with Crippen LogP contribution in [0.2, 0.25) is 0 Å². The van der Waals surface area contributed by atoms with Gasteiger partial charge in [-0.15, -0.1) is 0 Å². The maximum atomic E-state index is 5.52. The van der Waals surface area contributed by atoms with Crippen molar-refractivity contribution >= 4 is 12.6 Å². The highest BCUT2D eigenvalue weighted by molar-refractivity contribution is 7.83. The highest BCUT2D eigenvalue weighted by Gasteiger charge is 1.87. The molecule has 0 rings (SSSR count). The second kappa shape index (κ2) is 8.88. The third-order valence-corrected chi connectivity index (χ3v) is 1.89. The summed E-state index contributed by atoms with van der Waals surface area (Å²) in [6.07, 6.45) is 9.13. The summed E-state index contributed by atoms with van der Waals surface area (Å²) < 4.78 is 0. The number of unbranched alkanes of at least 4 members (excludes halogenated alkanes) is 3. The molecule has 2 heteroatoms. The van der Waals surface area contributed by atoms with E-state index in [0.29, 0.717) is 6.54 Å². The van der Waals surface area contributed by atoms with Crippen molar-refractivity contribution in [1.82, 2.24) is 0 Å². The van der Waals surface area contributed by atoms with Gasteiger partial charge in [0.15, 0.2) is 0 Å². The highest BCUT2D eigenvalue weighted by atomic mass is 32.1. The first-order chi connectivity index (χ1) is 5.85. The van der Waals surface area contributed by atoms with Crippen LogP contribution >= 0.6 is 12.6 Å². The molecule has 0 amide bonds. The number of hydrogen-bond donors (Lipinski definition) is 2. The molecule has 0 heterocycles. The molecule has 0 radical (unpaired) electrons. The van der Waals surface area contributed by atoms with E-state index in [1.165, 1.54) is 24.8 Å². The Morgan fingerprint density at radius 2 is 2.17 bits per heavy atom. The van der Waals surface area contributed by atoms with E-state index < -0.39 is 0 Å². The van der Waals surface area contributed by atoms with E-state index in [1.807, 2.05) is 6.08 Å². The van der Waals surface area contributed by atoms with Crippen LogP contribution in [-0.2, 0) is 0 Å². The molecule has 0 saturated carbocycles. The van der Waals surface area contributed by atoms with Crippen molar-refractivity contribution < 1.29 is 0 Å². The van der Waals surface area contributed by atoms with Crippen LogP contribution in [0, 0.1) is 0 Å². The van der Waals surface area contributed by atoms with Gasteiger partial charge in [0.2, 0.25) is 0 Å². The van der Waals surface area contributed by atoms with Crippen LogP contribution in [-0.4, -0.2) is 6.54 Å². The fourth-order valence-corrected chi connectivity index (χ4v) is 1.19. The lowest BCUT2D eigenvalue weighted by molar-refractivity contribution is 0.727. The number of rotatable bonds is 6. The second-order valence-electron chi connectivity index (χ2n) is 2.79. The average Bonchev–Trinajstić information content (AvgIpc) is 2.10. The molecule has 1 nitrogen and oxygen atoms in total. The van der Waals surface area contributed by atoms with Crippen LogP contribution in [0.15, 0.2) is 23.1 Å². The van der Waals surface area contributed by atoms with E-state index in [9.17, 15) is 0 Å². The van der Waals surface area contributed by atoms with Gasteiger partial charge in [0.05, 0.1) is 0 Å². The van der Waals surface area contributed by atoms with Crippen LogP contribution in [0.25, 0.3) is 0 Å². The van der Waals surface area contributed by atoms with Gasteiger partial charge >= 0.3 is 0 Å². The molecule has 0 bridgehead atoms. The van der Waals surface area contributed by atoms with Crippen molar-refractivity contribution in [3.63, 3.8) is 0 Å². The summed E-state index contributed by atoms with van der Waals surface area (Å²) in [7, 11) is 0. The largest absolute Gasteiger partial charge is 0.327 e. The van der Waals surface area contributed by atoms with E-state index in [2.05, 4.69) is 25.6 Å². The zero-order valence-electron chi connectivity index (χ0n) is 7.79. The van der Waals surface area contributed by atoms with E-state index in [4.69, 9.17) is 5.73 Å². The Balaban J connectivity index is 3.62. The van der Waals surface area contributed by atoms with E-state index in [1.54, 1.807) is 5.41 Å². The monoisotopic (exact) mass is 185 g/mol. The predicted octanol–water partition coefficient (Wildman–Crippen LogP) is 2.90. The normalized spacial score (nSPS) is 12.8. The maximum Gasteiger partial charge on any atom is 0.0175 e. The van der Waals surface area contributed by atoms with E-state index in [-0.39, 0.29) is 0 Å². The summed E-state index contributed by atoms with van der Waals surface area (Å²) in [5.74, 6) is 0. The molecule has 0 aromatic heterocycles. The average molecular weight is 185 g/mol. The predicted molar refractivity (Wildman–Crippen MR) is 59.4 cm³/mol. The van der Waals surface area contributed by atoms with Crippen molar-refractivity contribution in [2.75, 3.05) is 6.54 Å². The minimum Gasteiger partial charge on any atom is -0.327 e. The zero-order valence-corrected chi connectivity index (χ0v) is 8.69. The van der Waals surface area contributed by atoms with Crippen LogP contribution in [0.4, 0.5) is 0 Å². The van der Waals surface area contributed by atoms with Gasteiger partial charge in [0, 0.05) is 6.54 Å². The minimum atomic E-state index is 0.614. The van der Waals surface area contributed by atoms with Gasteiger partial charge in [-0.25, -0.2) is 0 Å². The van der Waals surface area contributed by atoms with Crippen LogP contribution in [0.5, 0.6) is 0 Å². The molecule has 0 aromatic carbocycles. The van der Waals surface area contributed by atoms with E-state index in [0.717, 1.165) is 6.42 Å². The smallest absolute Gasteiger partial charge is 0.0175 e. The lowest BCUT2D eigenvalue weighted by Gasteiger charge is -1.97. The standard InChI is InChI=1S/C10H19NS/c1-2-3-4-5-6-10(9-11)7-8-12/h6-8,12H,2-5,9,11H2,1H3/b8-7-,10-6+. The summed E-state index contributed by atoms with van der Waals surface area (Å²) in [5.41, 5.74) is 6.70. The third kappa shape index (κ3) is 6.50. The third-order valence-electron chi connectivity index (χ3n) is 1.74. The van der Waals surface area contributed by atoms with Crippen molar-refractivity contribution in [2.24, 2.45) is 5.73 Å². The number of nitrogens with two attached hydrogens (primary N) is 1. The Morgan fingerprint density at radius 1 is 1.42 bits per heavy atom. The first-order valence-electron chi connectivity index (χ1n) is 4.55. The number of hydrogen-bond acceptors (Lipinski definition) is 2. The molecule has 0 aromatic rings. The van der Waals surface area contributed by atoms with Crippen molar-refractivity contribution in [1.29, 1.82) is 0 Å². The molecule has 12 heavy (non-hydrogen) atoms. The lowest BCUT2D eigenvalue weighted by atomic mass is 10.1. The van der Waals surface area contributed by atoms with Gasteiger partial charge in [-0.05, 0) is 23.8 Å². The maximum absolute atomic E-state index is 5.52. The molecule has 0 spiro atoms. The van der Waals surface area contributed by atoms with Crippen molar-refractivity contribution in [2.45, 2.75) is 32.6 Å². The first kappa shape index (κ1) is 11.8. The molecule has 0 aliphatic rings. The number of allylic oxidation sites excluding steroid dienone is 1. The van der Waals surface area contributed by atoms with Gasteiger partial charge in [0.1, 0.15) is 0 Å². The highest BCUT2D eigenvalue weighted by Crippen LogP contribution is 2.04. The molecule has 0 aliphatic heterocycles. The van der Waals surface area contributed by atoms with Crippen molar-refractivity contribution in [3.05, 3.63) is 23.1 Å². The zero-order chi connectivity index (χ0) is 9.23. The topological polar surface area (TPSA) is 26.0 Å². The van der Waals surface area contributed by atoms with Gasteiger partial charge in [0.25, 0.3) is 0 Å². The van der Waals surface area contributed by atoms with E-state index >= 15 is 0 Å². The van der Waals surface area contributed by atoms with Gasteiger partial charge in [-0.3, -0.25) is 0 Å². The second-order valence-corrected chi connectivity index (χ2v) is 3.09. The molecule has 0 aliphatic carbocycles. The molecule has 0 unspecified atom stereocenters. The fraction of sp³-hybridized carbons (Fsp3) is 0.600. The fourth-order valence-electron chi connectivity index (χ4n) is 0.997. The Hall–Kier alpha value is -0.210. The lowest BCUT2D eigenvalue weighted by Crippen LogP contribution is -2.00. The quantitative estimate of drug-likeness (QED) is 0.371. The SMILES string of the molecule is CCCCC/C=C(\C=C/S)CN. The molecule has 0 fully saturated rings. The summed E-state index contributed by atoms with van der Waals surface area (Å²) >= 11 is 4.00. The molecular weight excluding hydrogens is 166 g/mol. The van der Waals surface area contributed by atoms with Gasteiger partial charge in [-0.1, -0.05) is 31.9 Å². The summed E-state index contributed by atoms with van der Waals surface area (Å²) in [6.45, 7) is 2.82. The molecule has 2 N–H and O–H groups in total.